The zero-order chi connectivity index (χ0) is 14.0. The summed E-state index contributed by atoms with van der Waals surface area (Å²) in [7, 11) is 3.81. The second-order valence-corrected chi connectivity index (χ2v) is 6.56. The van der Waals surface area contributed by atoms with Crippen molar-refractivity contribution in [3.8, 4) is 6.07 Å². The van der Waals surface area contributed by atoms with E-state index in [0.29, 0.717) is 5.56 Å². The summed E-state index contributed by atoms with van der Waals surface area (Å²) in [5.41, 5.74) is 1.38. The van der Waals surface area contributed by atoms with E-state index in [4.69, 9.17) is 0 Å². The number of aliphatic hydroxyl groups is 1. The van der Waals surface area contributed by atoms with Gasteiger partial charge in [0.15, 0.2) is 0 Å². The highest BCUT2D eigenvalue weighted by Gasteiger charge is 2.36. The molecule has 1 heterocycles. The largest absolute Gasteiger partial charge is 0.395 e. The van der Waals surface area contributed by atoms with Gasteiger partial charge in [-0.2, -0.15) is 5.26 Å². The average molecular weight is 277 g/mol. The molecule has 0 saturated heterocycles. The first kappa shape index (κ1) is 14.0. The van der Waals surface area contributed by atoms with Crippen LogP contribution in [0.15, 0.2) is 4.99 Å². The second kappa shape index (κ2) is 5.32. The predicted molar refractivity (Wildman–Crippen MR) is 78.2 cm³/mol. The molecule has 0 spiro atoms. The molecule has 0 radical (unpaired) electrons. The molecule has 4 nitrogen and oxygen atoms in total. The summed E-state index contributed by atoms with van der Waals surface area (Å²) < 4.78 is 0. The standard InChI is InChI=1S/C14H19N3OS/c1-14(8-18)6-4-5-11-12(14)10(7-15)13(19-11)16-9-17(2)3/h9,18H,4-6,8H2,1-3H3. The van der Waals surface area contributed by atoms with Gasteiger partial charge >= 0.3 is 0 Å². The Balaban J connectivity index is 2.54. The lowest BCUT2D eigenvalue weighted by atomic mass is 9.73. The average Bonchev–Trinajstić information content (AvgIpc) is 2.75. The van der Waals surface area contributed by atoms with Crippen molar-refractivity contribution in [2.75, 3.05) is 20.7 Å². The van der Waals surface area contributed by atoms with Crippen LogP contribution in [0.3, 0.4) is 0 Å². The van der Waals surface area contributed by atoms with Crippen LogP contribution in [0.5, 0.6) is 0 Å². The van der Waals surface area contributed by atoms with Gasteiger partial charge in [-0.25, -0.2) is 4.99 Å². The van der Waals surface area contributed by atoms with Gasteiger partial charge < -0.3 is 10.0 Å². The highest BCUT2D eigenvalue weighted by Crippen LogP contribution is 2.47. The molecule has 0 bridgehead atoms. The van der Waals surface area contributed by atoms with Crippen molar-refractivity contribution in [3.05, 3.63) is 16.0 Å². The fourth-order valence-electron chi connectivity index (χ4n) is 2.56. The summed E-state index contributed by atoms with van der Waals surface area (Å²) in [6.45, 7) is 2.13. The number of nitrogens with zero attached hydrogens (tertiary/aromatic N) is 3. The molecule has 1 aliphatic rings. The lowest BCUT2D eigenvalue weighted by Crippen LogP contribution is -2.31. The van der Waals surface area contributed by atoms with E-state index in [-0.39, 0.29) is 12.0 Å². The minimum absolute atomic E-state index is 0.0856. The molecule has 1 atom stereocenters. The zero-order valence-electron chi connectivity index (χ0n) is 11.6. The van der Waals surface area contributed by atoms with Gasteiger partial charge in [0.1, 0.15) is 11.1 Å². The zero-order valence-corrected chi connectivity index (χ0v) is 12.4. The van der Waals surface area contributed by atoms with E-state index < -0.39 is 0 Å². The molecule has 1 N–H and O–H groups in total. The number of aliphatic hydroxyl groups excluding tert-OH is 1. The van der Waals surface area contributed by atoms with Crippen molar-refractivity contribution in [1.82, 2.24) is 4.90 Å². The van der Waals surface area contributed by atoms with Crippen LogP contribution in [0.4, 0.5) is 5.00 Å². The maximum atomic E-state index is 9.69. The molecule has 5 heteroatoms. The van der Waals surface area contributed by atoms with E-state index in [1.54, 1.807) is 17.7 Å². The molecule has 0 amide bonds. The lowest BCUT2D eigenvalue weighted by molar-refractivity contribution is 0.189. The molecule has 0 aromatic carbocycles. The number of hydrogen-bond donors (Lipinski definition) is 1. The van der Waals surface area contributed by atoms with Crippen LogP contribution in [0.2, 0.25) is 0 Å². The first-order valence-corrected chi connectivity index (χ1v) is 7.21. The molecule has 1 aromatic heterocycles. The monoisotopic (exact) mass is 277 g/mol. The van der Waals surface area contributed by atoms with E-state index in [1.165, 1.54) is 4.88 Å². The first-order chi connectivity index (χ1) is 9.01. The van der Waals surface area contributed by atoms with Gasteiger partial charge in [0.05, 0.1) is 18.5 Å². The number of aliphatic imine (C=N–C) groups is 1. The molecular formula is C14H19N3OS. The first-order valence-electron chi connectivity index (χ1n) is 6.39. The Labute approximate surface area is 118 Å². The quantitative estimate of drug-likeness (QED) is 0.682. The SMILES string of the molecule is CN(C)C=Nc1sc2c(c1C#N)C(C)(CO)CCC2. The van der Waals surface area contributed by atoms with E-state index in [2.05, 4.69) is 11.1 Å². The minimum atomic E-state index is -0.291. The maximum absolute atomic E-state index is 9.69. The van der Waals surface area contributed by atoms with Crippen LogP contribution < -0.4 is 0 Å². The lowest BCUT2D eigenvalue weighted by Gasteiger charge is -2.32. The third-order valence-electron chi connectivity index (χ3n) is 3.57. The van der Waals surface area contributed by atoms with E-state index in [0.717, 1.165) is 29.8 Å². The summed E-state index contributed by atoms with van der Waals surface area (Å²) in [5.74, 6) is 0. The summed E-state index contributed by atoms with van der Waals surface area (Å²) in [4.78, 5) is 7.46. The van der Waals surface area contributed by atoms with Gasteiger partial charge in [0, 0.05) is 24.4 Å². The molecule has 102 valence electrons. The number of aryl methyl sites for hydroxylation is 1. The minimum Gasteiger partial charge on any atom is -0.395 e. The Kier molecular flexibility index (Phi) is 3.93. The van der Waals surface area contributed by atoms with Crippen LogP contribution in [0, 0.1) is 11.3 Å². The summed E-state index contributed by atoms with van der Waals surface area (Å²) in [6.07, 6.45) is 4.70. The van der Waals surface area contributed by atoms with Gasteiger partial charge in [-0.05, 0) is 24.8 Å². The Bertz CT molecular complexity index is 542. The third kappa shape index (κ3) is 2.51. The van der Waals surface area contributed by atoms with Gasteiger partial charge in [0.25, 0.3) is 0 Å². The van der Waals surface area contributed by atoms with E-state index >= 15 is 0 Å². The molecule has 0 fully saturated rings. The molecule has 1 aliphatic carbocycles. The number of nitriles is 1. The number of thiophene rings is 1. The molecule has 0 aliphatic heterocycles. The maximum Gasteiger partial charge on any atom is 0.136 e. The van der Waals surface area contributed by atoms with Crippen LogP contribution in [-0.2, 0) is 11.8 Å². The molecule has 0 saturated carbocycles. The van der Waals surface area contributed by atoms with Crippen LogP contribution in [0.25, 0.3) is 0 Å². The fraction of sp³-hybridized carbons (Fsp3) is 0.571. The molecule has 19 heavy (non-hydrogen) atoms. The third-order valence-corrected chi connectivity index (χ3v) is 4.72. The van der Waals surface area contributed by atoms with Crippen molar-refractivity contribution in [2.24, 2.45) is 4.99 Å². The second-order valence-electron chi connectivity index (χ2n) is 5.47. The predicted octanol–water partition coefficient (Wildman–Crippen LogP) is 2.43. The molecule has 1 unspecified atom stereocenters. The van der Waals surface area contributed by atoms with Crippen molar-refractivity contribution >= 4 is 22.7 Å². The molecular weight excluding hydrogens is 258 g/mol. The summed E-state index contributed by atoms with van der Waals surface area (Å²) >= 11 is 1.59. The highest BCUT2D eigenvalue weighted by molar-refractivity contribution is 7.16. The Hall–Kier alpha value is -1.38. The van der Waals surface area contributed by atoms with Crippen LogP contribution in [0.1, 0.15) is 35.8 Å². The van der Waals surface area contributed by atoms with Gasteiger partial charge in [-0.15, -0.1) is 11.3 Å². The molecule has 1 aromatic rings. The van der Waals surface area contributed by atoms with Crippen molar-refractivity contribution in [2.45, 2.75) is 31.6 Å². The van der Waals surface area contributed by atoms with Crippen molar-refractivity contribution in [1.29, 1.82) is 5.26 Å². The number of hydrogen-bond acceptors (Lipinski definition) is 4. The fourth-order valence-corrected chi connectivity index (χ4v) is 3.84. The normalized spacial score (nSPS) is 22.3. The molecule has 2 rings (SSSR count). The smallest absolute Gasteiger partial charge is 0.136 e. The number of fused-ring (bicyclic) bond motifs is 1. The summed E-state index contributed by atoms with van der Waals surface area (Å²) in [6, 6.07) is 2.28. The van der Waals surface area contributed by atoms with Gasteiger partial charge in [-0.1, -0.05) is 6.92 Å². The van der Waals surface area contributed by atoms with Crippen LogP contribution in [-0.4, -0.2) is 37.0 Å². The highest BCUT2D eigenvalue weighted by atomic mass is 32.1. The summed E-state index contributed by atoms with van der Waals surface area (Å²) in [5, 5.41) is 19.9. The Morgan fingerprint density at radius 3 is 2.89 bits per heavy atom. The van der Waals surface area contributed by atoms with Crippen LogP contribution >= 0.6 is 11.3 Å². The van der Waals surface area contributed by atoms with Crippen molar-refractivity contribution < 1.29 is 5.11 Å². The topological polar surface area (TPSA) is 59.6 Å². The van der Waals surface area contributed by atoms with E-state index in [9.17, 15) is 10.4 Å². The number of rotatable bonds is 3. The Morgan fingerprint density at radius 2 is 2.32 bits per heavy atom. The Morgan fingerprint density at radius 1 is 1.58 bits per heavy atom. The van der Waals surface area contributed by atoms with Gasteiger partial charge in [0.2, 0.25) is 0 Å². The van der Waals surface area contributed by atoms with Gasteiger partial charge in [-0.3, -0.25) is 0 Å². The van der Waals surface area contributed by atoms with Crippen molar-refractivity contribution in [3.63, 3.8) is 0 Å². The van der Waals surface area contributed by atoms with E-state index in [1.807, 2.05) is 25.9 Å².